The number of carbonyl (C=O) groups is 3. The lowest BCUT2D eigenvalue weighted by Gasteiger charge is -2.57. The maximum atomic E-state index is 13.0. The summed E-state index contributed by atoms with van der Waals surface area (Å²) in [4.78, 5) is 38.2. The Morgan fingerprint density at radius 2 is 1.21 bits per heavy atom. The first-order valence-corrected chi connectivity index (χ1v) is 15.1. The van der Waals surface area contributed by atoms with Gasteiger partial charge in [0.05, 0.1) is 17.8 Å². The van der Waals surface area contributed by atoms with Crippen LogP contribution in [0.15, 0.2) is 0 Å². The van der Waals surface area contributed by atoms with E-state index in [1.54, 1.807) is 0 Å². The summed E-state index contributed by atoms with van der Waals surface area (Å²) in [7, 11) is 0. The molecule has 2 heterocycles. The van der Waals surface area contributed by atoms with Crippen molar-refractivity contribution in [2.75, 3.05) is 0 Å². The number of esters is 1. The van der Waals surface area contributed by atoms with Crippen molar-refractivity contribution in [3.63, 3.8) is 0 Å². The Hall–Kier alpha value is -1.31. The van der Waals surface area contributed by atoms with Gasteiger partial charge in [0, 0.05) is 31.1 Å². The van der Waals surface area contributed by atoms with Crippen molar-refractivity contribution in [3.8, 4) is 0 Å². The minimum Gasteiger partial charge on any atom is -0.459 e. The van der Waals surface area contributed by atoms with Gasteiger partial charge in [0.1, 0.15) is 16.8 Å². The van der Waals surface area contributed by atoms with Crippen molar-refractivity contribution < 1.29 is 33.7 Å². The molecule has 7 nitrogen and oxygen atoms in total. The first-order valence-electron chi connectivity index (χ1n) is 15.1. The predicted molar refractivity (Wildman–Crippen MR) is 148 cm³/mol. The Labute approximate surface area is 235 Å². The molecule has 39 heavy (non-hydrogen) atoms. The van der Waals surface area contributed by atoms with Gasteiger partial charge in [0.15, 0.2) is 11.6 Å². The van der Waals surface area contributed by atoms with Crippen molar-refractivity contribution in [1.29, 1.82) is 0 Å². The van der Waals surface area contributed by atoms with Crippen LogP contribution in [0.5, 0.6) is 0 Å². The van der Waals surface area contributed by atoms with Crippen LogP contribution in [0.25, 0.3) is 0 Å². The molecule has 0 radical (unpaired) electrons. The van der Waals surface area contributed by atoms with Crippen LogP contribution in [0.1, 0.15) is 127 Å². The lowest BCUT2D eigenvalue weighted by molar-refractivity contribution is -0.218. The highest BCUT2D eigenvalue weighted by atomic mass is 16.6. The molecule has 222 valence electrons. The Morgan fingerprint density at radius 3 is 1.69 bits per heavy atom. The van der Waals surface area contributed by atoms with Gasteiger partial charge in [-0.15, -0.1) is 0 Å². The van der Waals surface area contributed by atoms with Crippen molar-refractivity contribution in [1.82, 2.24) is 0 Å². The standard InChI is InChI=1S/C32H52O7/c1-20(33)37-32(9)19-15-26-30(7,17-13-24(35)28(4,5)39-26)22(32)11-10-21-29(6)16-12-23(34)27(2,3)38-25(29)14-18-31(21,8)36/h21-22,25-26,36H,10-19H2,1-9H3/t21-,22-,25-,26-,29-,30-,31-,32+/m0/s1. The molecule has 4 fully saturated rings. The second-order valence-corrected chi connectivity index (χ2v) is 15.1. The van der Waals surface area contributed by atoms with Crippen LogP contribution < -0.4 is 0 Å². The topological polar surface area (TPSA) is 99.1 Å². The third-order valence-corrected chi connectivity index (χ3v) is 11.5. The van der Waals surface area contributed by atoms with Crippen LogP contribution in [0, 0.1) is 22.7 Å². The average molecular weight is 549 g/mol. The summed E-state index contributed by atoms with van der Waals surface area (Å²) < 4.78 is 19.1. The smallest absolute Gasteiger partial charge is 0.303 e. The van der Waals surface area contributed by atoms with Crippen molar-refractivity contribution in [2.24, 2.45) is 22.7 Å². The van der Waals surface area contributed by atoms with E-state index in [4.69, 9.17) is 14.2 Å². The second-order valence-electron chi connectivity index (χ2n) is 15.1. The van der Waals surface area contributed by atoms with Crippen molar-refractivity contribution >= 4 is 17.5 Å². The number of ketones is 2. The number of fused-ring (bicyclic) bond motifs is 2. The quantitative estimate of drug-likeness (QED) is 0.448. The van der Waals surface area contributed by atoms with E-state index in [1.165, 1.54) is 6.92 Å². The molecule has 0 amide bonds. The summed E-state index contributed by atoms with van der Waals surface area (Å²) in [5.41, 5.74) is -4.01. The van der Waals surface area contributed by atoms with Crippen molar-refractivity contribution in [2.45, 2.75) is 161 Å². The maximum absolute atomic E-state index is 13.0. The van der Waals surface area contributed by atoms with E-state index in [2.05, 4.69) is 13.8 Å². The molecule has 0 unspecified atom stereocenters. The molecule has 4 aliphatic rings. The summed E-state index contributed by atoms with van der Waals surface area (Å²) in [5.74, 6) is -0.228. The van der Waals surface area contributed by atoms with Gasteiger partial charge in [-0.25, -0.2) is 0 Å². The molecule has 0 bridgehead atoms. The van der Waals surface area contributed by atoms with E-state index < -0.39 is 22.4 Å². The lowest BCUT2D eigenvalue weighted by atomic mass is 9.53. The molecule has 2 saturated carbocycles. The number of Topliss-reactive ketones (excluding diaryl/α,β-unsaturated/α-hetero) is 2. The minimum absolute atomic E-state index is 0.0566. The summed E-state index contributed by atoms with van der Waals surface area (Å²) in [6.07, 6.45) is 6.12. The zero-order chi connectivity index (χ0) is 29.2. The number of hydrogen-bond donors (Lipinski definition) is 1. The average Bonchev–Trinajstić information content (AvgIpc) is 2.95. The van der Waals surface area contributed by atoms with E-state index in [1.807, 2.05) is 41.5 Å². The van der Waals surface area contributed by atoms with E-state index in [9.17, 15) is 19.5 Å². The largest absolute Gasteiger partial charge is 0.459 e. The normalized spacial score (nSPS) is 45.9. The van der Waals surface area contributed by atoms with Gasteiger partial charge >= 0.3 is 5.97 Å². The first-order chi connectivity index (χ1) is 17.8. The number of carbonyl (C=O) groups excluding carboxylic acids is 3. The summed E-state index contributed by atoms with van der Waals surface area (Å²) in [6.45, 7) is 17.3. The molecule has 2 aliphatic carbocycles. The summed E-state index contributed by atoms with van der Waals surface area (Å²) in [6, 6.07) is 0. The van der Waals surface area contributed by atoms with Gasteiger partial charge < -0.3 is 19.3 Å². The molecular formula is C32H52O7. The maximum Gasteiger partial charge on any atom is 0.303 e. The van der Waals surface area contributed by atoms with Gasteiger partial charge in [-0.3, -0.25) is 14.4 Å². The van der Waals surface area contributed by atoms with E-state index in [-0.39, 0.29) is 52.4 Å². The number of ether oxygens (including phenoxy) is 3. The Balaban J connectivity index is 1.69. The van der Waals surface area contributed by atoms with Crippen LogP contribution in [-0.2, 0) is 28.6 Å². The van der Waals surface area contributed by atoms with Crippen LogP contribution in [0.4, 0.5) is 0 Å². The van der Waals surface area contributed by atoms with Gasteiger partial charge in [-0.1, -0.05) is 13.8 Å². The first kappa shape index (κ1) is 30.6. The van der Waals surface area contributed by atoms with Gasteiger partial charge in [0.2, 0.25) is 0 Å². The van der Waals surface area contributed by atoms with Crippen LogP contribution in [-0.4, -0.2) is 57.3 Å². The third kappa shape index (κ3) is 5.37. The molecule has 1 N–H and O–H groups in total. The molecular weight excluding hydrogens is 496 g/mol. The minimum atomic E-state index is -0.906. The number of rotatable bonds is 4. The molecule has 7 heteroatoms. The van der Waals surface area contributed by atoms with E-state index in [0.717, 1.165) is 19.3 Å². The van der Waals surface area contributed by atoms with Gasteiger partial charge in [-0.05, 0) is 104 Å². The Bertz CT molecular complexity index is 998. The number of aliphatic hydroxyl groups is 1. The fraction of sp³-hybridized carbons (Fsp3) is 0.906. The molecule has 8 atom stereocenters. The fourth-order valence-corrected chi connectivity index (χ4v) is 9.03. The zero-order valence-corrected chi connectivity index (χ0v) is 25.8. The van der Waals surface area contributed by atoms with Crippen LogP contribution in [0.2, 0.25) is 0 Å². The molecule has 2 aliphatic heterocycles. The SMILES string of the molecule is CC(=O)O[C@]1(C)CC[C@@H]2OC(C)(C)C(=O)CC[C@@]2(C)[C@@H]1CC[C@H]1[C@]2(C)CCC(=O)C(C)(C)O[C@H]2CC[C@]1(C)O. The fourth-order valence-electron chi connectivity index (χ4n) is 9.03. The van der Waals surface area contributed by atoms with Crippen LogP contribution in [0.3, 0.4) is 0 Å². The van der Waals surface area contributed by atoms with E-state index in [0.29, 0.717) is 44.9 Å². The van der Waals surface area contributed by atoms with Crippen molar-refractivity contribution in [3.05, 3.63) is 0 Å². The molecule has 0 aromatic heterocycles. The Kier molecular flexibility index (Phi) is 7.78. The molecule has 4 rings (SSSR count). The van der Waals surface area contributed by atoms with Crippen LogP contribution >= 0.6 is 0 Å². The molecule has 0 aromatic carbocycles. The summed E-state index contributed by atoms with van der Waals surface area (Å²) >= 11 is 0. The van der Waals surface area contributed by atoms with E-state index >= 15 is 0 Å². The molecule has 0 aromatic rings. The lowest BCUT2D eigenvalue weighted by Crippen LogP contribution is -2.59. The highest BCUT2D eigenvalue weighted by Crippen LogP contribution is 2.59. The van der Waals surface area contributed by atoms with Gasteiger partial charge in [-0.2, -0.15) is 0 Å². The monoisotopic (exact) mass is 548 g/mol. The second kappa shape index (κ2) is 9.90. The molecule has 2 saturated heterocycles. The predicted octanol–water partition coefficient (Wildman–Crippen LogP) is 5.73. The zero-order valence-electron chi connectivity index (χ0n) is 25.8. The highest BCUT2D eigenvalue weighted by Gasteiger charge is 2.61. The number of hydrogen-bond acceptors (Lipinski definition) is 7. The summed E-state index contributed by atoms with van der Waals surface area (Å²) in [5, 5.41) is 11.8. The van der Waals surface area contributed by atoms with Gasteiger partial charge in [0.25, 0.3) is 0 Å². The Morgan fingerprint density at radius 1 is 0.769 bits per heavy atom. The highest BCUT2D eigenvalue weighted by molar-refractivity contribution is 5.87. The molecule has 0 spiro atoms. The third-order valence-electron chi connectivity index (χ3n) is 11.5.